The number of thioether (sulfide) groups is 1. The summed E-state index contributed by atoms with van der Waals surface area (Å²) in [6, 6.07) is -0.212. The fourth-order valence-electron chi connectivity index (χ4n) is 2.07. The number of nitrogens with one attached hydrogen (secondary N) is 1. The van der Waals surface area contributed by atoms with Gasteiger partial charge in [0.2, 0.25) is 11.8 Å². The van der Waals surface area contributed by atoms with Crippen molar-refractivity contribution in [1.29, 1.82) is 0 Å². The van der Waals surface area contributed by atoms with Gasteiger partial charge in [0.25, 0.3) is 0 Å². The van der Waals surface area contributed by atoms with Gasteiger partial charge in [0.05, 0.1) is 6.54 Å². The minimum Gasteiger partial charge on any atom is -0.343 e. The number of carbonyl (C=O) groups is 2. The molecule has 2 atom stereocenters. The Hall–Kier alpha value is -0.710. The Morgan fingerprint density at radius 1 is 1.39 bits per heavy atom. The van der Waals surface area contributed by atoms with Crippen molar-refractivity contribution in [3.63, 3.8) is 0 Å². The van der Waals surface area contributed by atoms with Gasteiger partial charge < -0.3 is 10.2 Å². The van der Waals surface area contributed by atoms with Crippen molar-refractivity contribution in [1.82, 2.24) is 10.2 Å². The highest BCUT2D eigenvalue weighted by atomic mass is 32.2. The standard InChI is InChI=1S/C13H24N2O2S/c1-5-18-7-6-10(4)15-8-11(16)14-12(9(2)3)13(15)17/h9-10,12H,5-8H2,1-4H3,(H,14,16). The molecule has 0 bridgehead atoms. The smallest absolute Gasteiger partial charge is 0.246 e. The summed E-state index contributed by atoms with van der Waals surface area (Å²) in [6.07, 6.45) is 0.947. The fourth-order valence-corrected chi connectivity index (χ4v) is 2.87. The quantitative estimate of drug-likeness (QED) is 0.746. The summed E-state index contributed by atoms with van der Waals surface area (Å²) < 4.78 is 0. The normalized spacial score (nSPS) is 22.3. The summed E-state index contributed by atoms with van der Waals surface area (Å²) in [6.45, 7) is 8.29. The van der Waals surface area contributed by atoms with Crippen LogP contribution < -0.4 is 5.32 Å². The third-order valence-electron chi connectivity index (χ3n) is 3.26. The summed E-state index contributed by atoms with van der Waals surface area (Å²) in [5, 5.41) is 2.78. The van der Waals surface area contributed by atoms with E-state index in [0.29, 0.717) is 0 Å². The molecule has 1 aliphatic heterocycles. The first-order valence-electron chi connectivity index (χ1n) is 6.65. The molecule has 1 rings (SSSR count). The zero-order chi connectivity index (χ0) is 13.7. The van der Waals surface area contributed by atoms with Gasteiger partial charge in [-0.1, -0.05) is 20.8 Å². The minimum atomic E-state index is -0.354. The van der Waals surface area contributed by atoms with E-state index in [1.807, 2.05) is 32.5 Å². The number of amides is 2. The van der Waals surface area contributed by atoms with Gasteiger partial charge >= 0.3 is 0 Å². The molecule has 0 saturated carbocycles. The van der Waals surface area contributed by atoms with Crippen LogP contribution >= 0.6 is 11.8 Å². The summed E-state index contributed by atoms with van der Waals surface area (Å²) in [7, 11) is 0. The summed E-state index contributed by atoms with van der Waals surface area (Å²) in [5.74, 6) is 2.30. The summed E-state index contributed by atoms with van der Waals surface area (Å²) in [5.41, 5.74) is 0. The molecular weight excluding hydrogens is 248 g/mol. The predicted octanol–water partition coefficient (Wildman–Crippen LogP) is 1.50. The van der Waals surface area contributed by atoms with E-state index in [4.69, 9.17) is 0 Å². The molecule has 0 aromatic heterocycles. The Balaban J connectivity index is 2.62. The van der Waals surface area contributed by atoms with Crippen molar-refractivity contribution < 1.29 is 9.59 Å². The van der Waals surface area contributed by atoms with E-state index in [0.717, 1.165) is 17.9 Å². The average molecular weight is 272 g/mol. The molecule has 1 aliphatic rings. The zero-order valence-corrected chi connectivity index (χ0v) is 12.5. The molecule has 4 nitrogen and oxygen atoms in total. The van der Waals surface area contributed by atoms with E-state index in [1.54, 1.807) is 4.90 Å². The van der Waals surface area contributed by atoms with E-state index in [-0.39, 0.29) is 36.4 Å². The first-order valence-corrected chi connectivity index (χ1v) is 7.80. The average Bonchev–Trinajstić information content (AvgIpc) is 2.31. The monoisotopic (exact) mass is 272 g/mol. The minimum absolute atomic E-state index is 0.0386. The maximum atomic E-state index is 12.3. The lowest BCUT2D eigenvalue weighted by atomic mass is 9.99. The maximum Gasteiger partial charge on any atom is 0.246 e. The van der Waals surface area contributed by atoms with Crippen LogP contribution in [0.25, 0.3) is 0 Å². The van der Waals surface area contributed by atoms with Gasteiger partial charge in [-0.3, -0.25) is 9.59 Å². The van der Waals surface area contributed by atoms with E-state index >= 15 is 0 Å². The Morgan fingerprint density at radius 2 is 2.06 bits per heavy atom. The lowest BCUT2D eigenvalue weighted by molar-refractivity contribution is -0.147. The SMILES string of the molecule is CCSCCC(C)N1CC(=O)NC(C(C)C)C1=O. The van der Waals surface area contributed by atoms with Crippen LogP contribution in [0.2, 0.25) is 0 Å². The predicted molar refractivity (Wildman–Crippen MR) is 75.6 cm³/mol. The largest absolute Gasteiger partial charge is 0.343 e. The Kier molecular flexibility index (Phi) is 5.99. The van der Waals surface area contributed by atoms with Crippen molar-refractivity contribution in [3.8, 4) is 0 Å². The number of carbonyl (C=O) groups excluding carboxylic acids is 2. The molecule has 0 aliphatic carbocycles. The number of piperazine rings is 1. The molecule has 104 valence electrons. The molecule has 18 heavy (non-hydrogen) atoms. The van der Waals surface area contributed by atoms with Crippen molar-refractivity contribution in [2.75, 3.05) is 18.1 Å². The number of hydrogen-bond acceptors (Lipinski definition) is 3. The van der Waals surface area contributed by atoms with E-state index < -0.39 is 0 Å². The highest BCUT2D eigenvalue weighted by Gasteiger charge is 2.36. The molecule has 0 aromatic rings. The molecule has 0 aromatic carbocycles. The molecule has 1 saturated heterocycles. The third kappa shape index (κ3) is 3.90. The van der Waals surface area contributed by atoms with Gasteiger partial charge in [-0.2, -0.15) is 11.8 Å². The number of hydrogen-bond donors (Lipinski definition) is 1. The Labute approximate surface area is 114 Å². The second kappa shape index (κ2) is 7.02. The fraction of sp³-hybridized carbons (Fsp3) is 0.846. The van der Waals surface area contributed by atoms with Crippen molar-refractivity contribution in [2.45, 2.75) is 46.2 Å². The van der Waals surface area contributed by atoms with Crippen LogP contribution in [0, 0.1) is 5.92 Å². The van der Waals surface area contributed by atoms with E-state index in [1.165, 1.54) is 0 Å². The first kappa shape index (κ1) is 15.3. The van der Waals surface area contributed by atoms with Gasteiger partial charge in [-0.15, -0.1) is 0 Å². The van der Waals surface area contributed by atoms with Gasteiger partial charge in [-0.05, 0) is 30.8 Å². The van der Waals surface area contributed by atoms with Crippen LogP contribution in [0.15, 0.2) is 0 Å². The van der Waals surface area contributed by atoms with Crippen molar-refractivity contribution in [3.05, 3.63) is 0 Å². The van der Waals surface area contributed by atoms with Crippen LogP contribution in [0.1, 0.15) is 34.1 Å². The molecule has 1 N–H and O–H groups in total. The highest BCUT2D eigenvalue weighted by Crippen LogP contribution is 2.16. The molecule has 2 amide bonds. The van der Waals surface area contributed by atoms with Gasteiger partial charge in [0, 0.05) is 6.04 Å². The van der Waals surface area contributed by atoms with Gasteiger partial charge in [0.1, 0.15) is 6.04 Å². The Bertz CT molecular complexity index is 307. The van der Waals surface area contributed by atoms with Gasteiger partial charge in [-0.25, -0.2) is 0 Å². The Morgan fingerprint density at radius 3 is 2.61 bits per heavy atom. The van der Waals surface area contributed by atoms with Crippen LogP contribution in [-0.2, 0) is 9.59 Å². The lowest BCUT2D eigenvalue weighted by Gasteiger charge is -2.38. The molecule has 0 radical (unpaired) electrons. The topological polar surface area (TPSA) is 49.4 Å². The van der Waals surface area contributed by atoms with Gasteiger partial charge in [0.15, 0.2) is 0 Å². The summed E-state index contributed by atoms with van der Waals surface area (Å²) in [4.78, 5) is 25.7. The van der Waals surface area contributed by atoms with Crippen molar-refractivity contribution >= 4 is 23.6 Å². The van der Waals surface area contributed by atoms with Crippen LogP contribution in [0.4, 0.5) is 0 Å². The van der Waals surface area contributed by atoms with Crippen LogP contribution in [-0.4, -0.2) is 46.8 Å². The lowest BCUT2D eigenvalue weighted by Crippen LogP contribution is -2.61. The zero-order valence-electron chi connectivity index (χ0n) is 11.7. The molecule has 2 unspecified atom stereocenters. The number of nitrogens with zero attached hydrogens (tertiary/aromatic N) is 1. The second-order valence-electron chi connectivity index (χ2n) is 5.09. The van der Waals surface area contributed by atoms with Crippen LogP contribution in [0.5, 0.6) is 0 Å². The molecule has 1 fully saturated rings. The molecule has 0 spiro atoms. The van der Waals surface area contributed by atoms with Crippen LogP contribution in [0.3, 0.4) is 0 Å². The van der Waals surface area contributed by atoms with E-state index in [9.17, 15) is 9.59 Å². The molecule has 1 heterocycles. The third-order valence-corrected chi connectivity index (χ3v) is 4.20. The van der Waals surface area contributed by atoms with E-state index in [2.05, 4.69) is 12.2 Å². The number of rotatable bonds is 6. The molecule has 5 heteroatoms. The second-order valence-corrected chi connectivity index (χ2v) is 6.48. The van der Waals surface area contributed by atoms with Crippen molar-refractivity contribution in [2.24, 2.45) is 5.92 Å². The maximum absolute atomic E-state index is 12.3. The highest BCUT2D eigenvalue weighted by molar-refractivity contribution is 7.99. The first-order chi connectivity index (χ1) is 8.47. The molecular formula is C13H24N2O2S. The summed E-state index contributed by atoms with van der Waals surface area (Å²) >= 11 is 1.87.